The molecule has 224 valence electrons. The third-order valence-electron chi connectivity index (χ3n) is 7.60. The lowest BCUT2D eigenvalue weighted by Crippen LogP contribution is -2.46. The standard InChI is InChI=1S/C33H24F3N7O2/c1-19-27-28(20-13-15-21(16-14-20)32(44)45-2)42-25-11-4-3-10-24(25)39-29(38-23-9-7-8-22(18-23)33(34,35)36)31(42)40-30(27)43(41-19)26-12-5-6-17-37-26/h3-18,28H,1-2H3,(H,38,39). The van der Waals surface area contributed by atoms with Crippen molar-refractivity contribution in [2.75, 3.05) is 17.3 Å². The number of pyridine rings is 1. The summed E-state index contributed by atoms with van der Waals surface area (Å²) in [5.74, 6) is 1.20. The van der Waals surface area contributed by atoms with Crippen LogP contribution in [0.4, 0.5) is 36.1 Å². The maximum Gasteiger partial charge on any atom is 0.416 e. The average molecular weight is 608 g/mol. The molecule has 3 aromatic carbocycles. The minimum Gasteiger partial charge on any atom is -0.465 e. The molecule has 0 spiro atoms. The SMILES string of the molecule is COC(=O)c1ccc(C2c3c(C)nn(-c4ccccn4)c3N=C3C(Nc4cccc(C(F)(F)F)c4)=Nc4ccccc4N32)cc1. The minimum absolute atomic E-state index is 0.199. The summed E-state index contributed by atoms with van der Waals surface area (Å²) in [5.41, 5.74) is 3.45. The molecule has 0 amide bonds. The van der Waals surface area contributed by atoms with Crippen molar-refractivity contribution >= 4 is 40.5 Å². The number of hydrogen-bond donors (Lipinski definition) is 1. The van der Waals surface area contributed by atoms with E-state index in [4.69, 9.17) is 19.8 Å². The van der Waals surface area contributed by atoms with Crippen LogP contribution in [0.1, 0.15) is 38.8 Å². The van der Waals surface area contributed by atoms with Crippen molar-refractivity contribution in [3.63, 3.8) is 0 Å². The van der Waals surface area contributed by atoms with Crippen LogP contribution in [0.25, 0.3) is 5.82 Å². The van der Waals surface area contributed by atoms with Crippen LogP contribution < -0.4 is 10.2 Å². The summed E-state index contributed by atoms with van der Waals surface area (Å²) in [7, 11) is 1.32. The number of nitrogens with zero attached hydrogens (tertiary/aromatic N) is 6. The van der Waals surface area contributed by atoms with E-state index in [1.807, 2.05) is 60.4 Å². The molecular weight excluding hydrogens is 583 g/mol. The molecular formula is C33H24F3N7O2. The number of para-hydroxylation sites is 2. The van der Waals surface area contributed by atoms with Crippen LogP contribution in [0.15, 0.2) is 107 Å². The fourth-order valence-corrected chi connectivity index (χ4v) is 5.58. The molecule has 0 bridgehead atoms. The van der Waals surface area contributed by atoms with Gasteiger partial charge in [0.1, 0.15) is 0 Å². The lowest BCUT2D eigenvalue weighted by Gasteiger charge is -2.40. The maximum atomic E-state index is 13.6. The van der Waals surface area contributed by atoms with Crippen molar-refractivity contribution < 1.29 is 22.7 Å². The second-order valence-electron chi connectivity index (χ2n) is 10.4. The zero-order valence-electron chi connectivity index (χ0n) is 23.9. The van der Waals surface area contributed by atoms with Crippen LogP contribution in [0.3, 0.4) is 0 Å². The van der Waals surface area contributed by atoms with E-state index in [0.29, 0.717) is 34.4 Å². The number of esters is 1. The predicted molar refractivity (Wildman–Crippen MR) is 164 cm³/mol. The van der Waals surface area contributed by atoms with Crippen molar-refractivity contribution in [2.45, 2.75) is 19.1 Å². The Morgan fingerprint density at radius 3 is 2.44 bits per heavy atom. The first-order valence-corrected chi connectivity index (χ1v) is 13.9. The molecule has 0 saturated carbocycles. The first-order valence-electron chi connectivity index (χ1n) is 13.9. The molecule has 1 unspecified atom stereocenters. The van der Waals surface area contributed by atoms with Crippen LogP contribution in [0, 0.1) is 6.92 Å². The molecule has 12 heteroatoms. The summed E-state index contributed by atoms with van der Waals surface area (Å²) in [6.07, 6.45) is -2.86. The van der Waals surface area contributed by atoms with E-state index in [-0.39, 0.29) is 11.5 Å². The average Bonchev–Trinajstić information content (AvgIpc) is 3.39. The first kappa shape index (κ1) is 28.0. The Hall–Kier alpha value is -5.78. The number of rotatable bonds is 4. The molecule has 7 rings (SSSR count). The Kier molecular flexibility index (Phi) is 6.69. The van der Waals surface area contributed by atoms with E-state index < -0.39 is 23.8 Å². The van der Waals surface area contributed by atoms with Gasteiger partial charge in [0.15, 0.2) is 23.3 Å². The highest BCUT2D eigenvalue weighted by Gasteiger charge is 2.41. The van der Waals surface area contributed by atoms with Gasteiger partial charge in [0, 0.05) is 17.4 Å². The number of anilines is 2. The summed E-state index contributed by atoms with van der Waals surface area (Å²) < 4.78 is 47.3. The van der Waals surface area contributed by atoms with Gasteiger partial charge in [-0.3, -0.25) is 0 Å². The van der Waals surface area contributed by atoms with Crippen molar-refractivity contribution in [2.24, 2.45) is 9.98 Å². The molecule has 0 aliphatic carbocycles. The summed E-state index contributed by atoms with van der Waals surface area (Å²) in [5, 5.41) is 7.92. The number of nitrogens with one attached hydrogen (secondary N) is 1. The Labute approximate surface area is 255 Å². The molecule has 2 aromatic heterocycles. The Morgan fingerprint density at radius 2 is 1.71 bits per heavy atom. The van der Waals surface area contributed by atoms with Crippen molar-refractivity contribution in [1.82, 2.24) is 14.8 Å². The second kappa shape index (κ2) is 10.7. The molecule has 4 heterocycles. The van der Waals surface area contributed by atoms with Gasteiger partial charge in [-0.25, -0.2) is 19.8 Å². The summed E-state index contributed by atoms with van der Waals surface area (Å²) in [4.78, 5) is 28.6. The number of ether oxygens (including phenoxy) is 1. The number of halogens is 3. The smallest absolute Gasteiger partial charge is 0.416 e. The second-order valence-corrected chi connectivity index (χ2v) is 10.4. The van der Waals surface area contributed by atoms with Crippen LogP contribution >= 0.6 is 0 Å². The third-order valence-corrected chi connectivity index (χ3v) is 7.60. The zero-order chi connectivity index (χ0) is 31.3. The quantitative estimate of drug-likeness (QED) is 0.218. The highest BCUT2D eigenvalue weighted by molar-refractivity contribution is 6.51. The molecule has 5 aromatic rings. The van der Waals surface area contributed by atoms with Gasteiger partial charge in [0.25, 0.3) is 0 Å². The minimum atomic E-state index is -4.52. The van der Waals surface area contributed by atoms with Gasteiger partial charge < -0.3 is 15.0 Å². The highest BCUT2D eigenvalue weighted by Crippen LogP contribution is 2.48. The first-order chi connectivity index (χ1) is 21.7. The van der Waals surface area contributed by atoms with Crippen molar-refractivity contribution in [3.8, 4) is 5.82 Å². The molecule has 2 aliphatic rings. The van der Waals surface area contributed by atoms with Crippen LogP contribution in [0.2, 0.25) is 0 Å². The van der Waals surface area contributed by atoms with E-state index >= 15 is 0 Å². The Bertz CT molecular complexity index is 2000. The number of alkyl halides is 3. The van der Waals surface area contributed by atoms with Gasteiger partial charge in [0.05, 0.1) is 41.3 Å². The maximum absolute atomic E-state index is 13.6. The number of methoxy groups -OCH3 is 1. The molecule has 45 heavy (non-hydrogen) atoms. The molecule has 0 saturated heterocycles. The number of carbonyl (C=O) groups excluding carboxylic acids is 1. The van der Waals surface area contributed by atoms with Crippen molar-refractivity contribution in [1.29, 1.82) is 0 Å². The van der Waals surface area contributed by atoms with Gasteiger partial charge in [-0.2, -0.15) is 23.0 Å². The summed E-state index contributed by atoms with van der Waals surface area (Å²) in [6.45, 7) is 1.89. The summed E-state index contributed by atoms with van der Waals surface area (Å²) in [6, 6.07) is 24.4. The predicted octanol–water partition coefficient (Wildman–Crippen LogP) is 7.18. The lowest BCUT2D eigenvalue weighted by molar-refractivity contribution is -0.137. The van der Waals surface area contributed by atoms with Crippen LogP contribution in [0.5, 0.6) is 0 Å². The lowest BCUT2D eigenvalue weighted by atomic mass is 9.92. The Balaban J connectivity index is 1.45. The van der Waals surface area contributed by atoms with Gasteiger partial charge >= 0.3 is 12.1 Å². The van der Waals surface area contributed by atoms with Crippen molar-refractivity contribution in [3.05, 3.63) is 125 Å². The fourth-order valence-electron chi connectivity index (χ4n) is 5.58. The normalized spacial score (nSPS) is 15.3. The van der Waals surface area contributed by atoms with E-state index in [1.54, 1.807) is 35.1 Å². The summed E-state index contributed by atoms with van der Waals surface area (Å²) >= 11 is 0. The number of carbonyl (C=O) groups is 1. The topological polar surface area (TPSA) is 97.0 Å². The van der Waals surface area contributed by atoms with Crippen LogP contribution in [-0.4, -0.2) is 39.5 Å². The fraction of sp³-hybridized carbons (Fsp3) is 0.121. The number of aryl methyl sites for hydroxylation is 1. The molecule has 1 atom stereocenters. The number of fused-ring (bicyclic) bond motifs is 4. The van der Waals surface area contributed by atoms with E-state index in [9.17, 15) is 18.0 Å². The van der Waals surface area contributed by atoms with E-state index in [1.165, 1.54) is 13.2 Å². The third kappa shape index (κ3) is 4.89. The monoisotopic (exact) mass is 607 g/mol. The van der Waals surface area contributed by atoms with Gasteiger partial charge in [-0.15, -0.1) is 0 Å². The molecule has 0 fully saturated rings. The molecule has 2 aliphatic heterocycles. The molecule has 9 nitrogen and oxygen atoms in total. The number of aliphatic imine (C=N–C) groups is 2. The van der Waals surface area contributed by atoms with Gasteiger partial charge in [-0.1, -0.05) is 36.4 Å². The molecule has 1 N–H and O–H groups in total. The Morgan fingerprint density at radius 1 is 0.933 bits per heavy atom. The van der Waals surface area contributed by atoms with Gasteiger partial charge in [-0.05, 0) is 67.1 Å². The number of benzene rings is 3. The molecule has 0 radical (unpaired) electrons. The van der Waals surface area contributed by atoms with E-state index in [0.717, 1.165) is 28.9 Å². The zero-order valence-corrected chi connectivity index (χ0v) is 23.9. The highest BCUT2D eigenvalue weighted by atomic mass is 19.4. The largest absolute Gasteiger partial charge is 0.465 e. The van der Waals surface area contributed by atoms with Crippen LogP contribution in [-0.2, 0) is 10.9 Å². The van der Waals surface area contributed by atoms with Gasteiger partial charge in [0.2, 0.25) is 0 Å². The number of hydrogen-bond acceptors (Lipinski definition) is 8. The number of amidine groups is 2. The van der Waals surface area contributed by atoms with E-state index in [2.05, 4.69) is 10.3 Å². The number of aromatic nitrogens is 3.